The number of benzene rings is 2. The SMILES string of the molecule is Nc1cccc(CCNc2c(C(=O)O)cnc3c(N)cccc23)c1. The highest BCUT2D eigenvalue weighted by Crippen LogP contribution is 2.29. The summed E-state index contributed by atoms with van der Waals surface area (Å²) in [5, 5.41) is 13.3. The quantitative estimate of drug-likeness (QED) is 0.537. The van der Waals surface area contributed by atoms with E-state index in [-0.39, 0.29) is 5.56 Å². The Hall–Kier alpha value is -3.28. The zero-order valence-corrected chi connectivity index (χ0v) is 13.0. The lowest BCUT2D eigenvalue weighted by Crippen LogP contribution is -2.11. The lowest BCUT2D eigenvalue weighted by molar-refractivity contribution is 0.0697. The van der Waals surface area contributed by atoms with Crippen molar-refractivity contribution < 1.29 is 9.90 Å². The first kappa shape index (κ1) is 15.6. The molecule has 6 nitrogen and oxygen atoms in total. The van der Waals surface area contributed by atoms with Crippen LogP contribution in [0.5, 0.6) is 0 Å². The van der Waals surface area contributed by atoms with Gasteiger partial charge < -0.3 is 21.9 Å². The summed E-state index contributed by atoms with van der Waals surface area (Å²) in [6, 6.07) is 13.0. The van der Waals surface area contributed by atoms with Crippen LogP contribution in [-0.2, 0) is 6.42 Å². The van der Waals surface area contributed by atoms with Crippen molar-refractivity contribution in [3.05, 3.63) is 59.8 Å². The maximum absolute atomic E-state index is 11.5. The lowest BCUT2D eigenvalue weighted by Gasteiger charge is -2.13. The fourth-order valence-electron chi connectivity index (χ4n) is 2.68. The highest BCUT2D eigenvalue weighted by atomic mass is 16.4. The van der Waals surface area contributed by atoms with Gasteiger partial charge in [0, 0.05) is 23.8 Å². The zero-order chi connectivity index (χ0) is 17.1. The second-order valence-corrected chi connectivity index (χ2v) is 5.52. The molecule has 6 N–H and O–H groups in total. The van der Waals surface area contributed by atoms with Gasteiger partial charge >= 0.3 is 5.97 Å². The maximum atomic E-state index is 11.5. The van der Waals surface area contributed by atoms with Gasteiger partial charge in [0.15, 0.2) is 0 Å². The molecule has 0 spiro atoms. The molecular weight excluding hydrogens is 304 g/mol. The van der Waals surface area contributed by atoms with Crippen molar-refractivity contribution in [2.75, 3.05) is 23.3 Å². The van der Waals surface area contributed by atoms with Gasteiger partial charge in [-0.2, -0.15) is 0 Å². The first-order valence-electron chi connectivity index (χ1n) is 7.55. The number of carboxylic acids is 1. The Morgan fingerprint density at radius 3 is 2.71 bits per heavy atom. The van der Waals surface area contributed by atoms with Crippen LogP contribution in [0.4, 0.5) is 17.1 Å². The number of carboxylic acid groups (broad SMARTS) is 1. The van der Waals surface area contributed by atoms with Crippen LogP contribution in [-0.4, -0.2) is 22.6 Å². The van der Waals surface area contributed by atoms with E-state index in [0.717, 1.165) is 12.0 Å². The van der Waals surface area contributed by atoms with E-state index < -0.39 is 5.97 Å². The Kier molecular flexibility index (Phi) is 4.20. The van der Waals surface area contributed by atoms with Crippen molar-refractivity contribution in [2.24, 2.45) is 0 Å². The highest BCUT2D eigenvalue weighted by molar-refractivity contribution is 6.06. The van der Waals surface area contributed by atoms with Gasteiger partial charge in [0.1, 0.15) is 5.56 Å². The summed E-state index contributed by atoms with van der Waals surface area (Å²) in [7, 11) is 0. The second-order valence-electron chi connectivity index (χ2n) is 5.52. The predicted octanol–water partition coefficient (Wildman–Crippen LogP) is 2.75. The van der Waals surface area contributed by atoms with Crippen LogP contribution in [0.3, 0.4) is 0 Å². The molecule has 122 valence electrons. The molecule has 1 aromatic heterocycles. The van der Waals surface area contributed by atoms with E-state index in [9.17, 15) is 9.90 Å². The van der Waals surface area contributed by atoms with Crippen molar-refractivity contribution >= 4 is 33.9 Å². The molecule has 0 fully saturated rings. The number of hydrogen-bond acceptors (Lipinski definition) is 5. The summed E-state index contributed by atoms with van der Waals surface area (Å²) in [6.07, 6.45) is 2.06. The molecule has 0 unspecified atom stereocenters. The molecule has 2 aromatic carbocycles. The van der Waals surface area contributed by atoms with Crippen LogP contribution in [0.25, 0.3) is 10.9 Å². The number of nitrogens with two attached hydrogens (primary N) is 2. The number of carbonyl (C=O) groups is 1. The average molecular weight is 322 g/mol. The molecule has 0 aliphatic carbocycles. The van der Waals surface area contributed by atoms with E-state index >= 15 is 0 Å². The number of aromatic carboxylic acids is 1. The molecule has 0 saturated heterocycles. The minimum absolute atomic E-state index is 0.126. The zero-order valence-electron chi connectivity index (χ0n) is 13.0. The standard InChI is InChI=1S/C18H18N4O2/c19-12-4-1-3-11(9-12)7-8-21-16-13-5-2-6-15(20)17(13)22-10-14(16)18(23)24/h1-6,9-10H,7-8,19-20H2,(H,21,22)(H,23,24). The Labute approximate surface area is 139 Å². The third-order valence-corrected chi connectivity index (χ3v) is 3.83. The number of aromatic nitrogens is 1. The molecule has 0 aliphatic heterocycles. The van der Waals surface area contributed by atoms with Gasteiger partial charge in [-0.15, -0.1) is 0 Å². The van der Waals surface area contributed by atoms with Crippen molar-refractivity contribution in [3.8, 4) is 0 Å². The predicted molar refractivity (Wildman–Crippen MR) is 96.2 cm³/mol. The maximum Gasteiger partial charge on any atom is 0.339 e. The van der Waals surface area contributed by atoms with E-state index in [2.05, 4.69) is 10.3 Å². The molecule has 0 radical (unpaired) electrons. The molecule has 3 aromatic rings. The monoisotopic (exact) mass is 322 g/mol. The Balaban J connectivity index is 1.90. The van der Waals surface area contributed by atoms with Crippen molar-refractivity contribution in [1.82, 2.24) is 4.98 Å². The molecule has 0 bridgehead atoms. The van der Waals surface area contributed by atoms with Crippen molar-refractivity contribution in [3.63, 3.8) is 0 Å². The summed E-state index contributed by atoms with van der Waals surface area (Å²) < 4.78 is 0. The highest BCUT2D eigenvalue weighted by Gasteiger charge is 2.15. The van der Waals surface area contributed by atoms with Crippen LogP contribution in [0.2, 0.25) is 0 Å². The number of nitrogens with zero attached hydrogens (tertiary/aromatic N) is 1. The molecule has 24 heavy (non-hydrogen) atoms. The summed E-state index contributed by atoms with van der Waals surface area (Å²) in [5.41, 5.74) is 15.3. The fraction of sp³-hybridized carbons (Fsp3) is 0.111. The largest absolute Gasteiger partial charge is 0.478 e. The minimum atomic E-state index is -1.03. The van der Waals surface area contributed by atoms with E-state index in [4.69, 9.17) is 11.5 Å². The summed E-state index contributed by atoms with van der Waals surface area (Å²) in [5.74, 6) is -1.03. The molecular formula is C18H18N4O2. The van der Waals surface area contributed by atoms with Crippen LogP contribution in [0.1, 0.15) is 15.9 Å². The smallest absolute Gasteiger partial charge is 0.339 e. The number of rotatable bonds is 5. The Morgan fingerprint density at radius 2 is 1.96 bits per heavy atom. The van der Waals surface area contributed by atoms with Crippen LogP contribution >= 0.6 is 0 Å². The summed E-state index contributed by atoms with van der Waals surface area (Å²) in [6.45, 7) is 0.567. The molecule has 1 heterocycles. The number of para-hydroxylation sites is 1. The van der Waals surface area contributed by atoms with Crippen LogP contribution in [0.15, 0.2) is 48.7 Å². The summed E-state index contributed by atoms with van der Waals surface area (Å²) in [4.78, 5) is 15.7. The molecule has 0 atom stereocenters. The fourth-order valence-corrected chi connectivity index (χ4v) is 2.68. The van der Waals surface area contributed by atoms with Crippen molar-refractivity contribution in [2.45, 2.75) is 6.42 Å². The first-order chi connectivity index (χ1) is 11.6. The topological polar surface area (TPSA) is 114 Å². The van der Waals surface area contributed by atoms with Gasteiger partial charge in [0.25, 0.3) is 0 Å². The minimum Gasteiger partial charge on any atom is -0.478 e. The number of hydrogen-bond donors (Lipinski definition) is 4. The summed E-state index contributed by atoms with van der Waals surface area (Å²) >= 11 is 0. The molecule has 0 amide bonds. The molecule has 0 aliphatic rings. The number of fused-ring (bicyclic) bond motifs is 1. The number of nitrogen functional groups attached to an aromatic ring is 2. The number of nitrogens with one attached hydrogen (secondary N) is 1. The van der Waals surface area contributed by atoms with Gasteiger partial charge in [-0.25, -0.2) is 4.79 Å². The normalized spacial score (nSPS) is 10.7. The van der Waals surface area contributed by atoms with Gasteiger partial charge in [0.05, 0.1) is 16.9 Å². The second kappa shape index (κ2) is 6.45. The van der Waals surface area contributed by atoms with Crippen molar-refractivity contribution in [1.29, 1.82) is 0 Å². The molecule has 0 saturated carbocycles. The van der Waals surface area contributed by atoms with E-state index in [1.807, 2.05) is 30.3 Å². The van der Waals surface area contributed by atoms with Crippen LogP contribution in [0, 0.1) is 0 Å². The average Bonchev–Trinajstić information content (AvgIpc) is 2.55. The van der Waals surface area contributed by atoms with E-state index in [1.54, 1.807) is 12.1 Å². The molecule has 3 rings (SSSR count). The van der Waals surface area contributed by atoms with E-state index in [0.29, 0.717) is 34.5 Å². The lowest BCUT2D eigenvalue weighted by atomic mass is 10.1. The van der Waals surface area contributed by atoms with Gasteiger partial charge in [0.2, 0.25) is 0 Å². The number of pyridine rings is 1. The van der Waals surface area contributed by atoms with Gasteiger partial charge in [-0.1, -0.05) is 24.3 Å². The molecule has 6 heteroatoms. The third-order valence-electron chi connectivity index (χ3n) is 3.83. The van der Waals surface area contributed by atoms with E-state index in [1.165, 1.54) is 6.20 Å². The van der Waals surface area contributed by atoms with Crippen LogP contribution < -0.4 is 16.8 Å². The number of anilines is 3. The third kappa shape index (κ3) is 3.08. The van der Waals surface area contributed by atoms with Gasteiger partial charge in [-0.05, 0) is 30.2 Å². The Bertz CT molecular complexity index is 909. The first-order valence-corrected chi connectivity index (χ1v) is 7.55. The Morgan fingerprint density at radius 1 is 1.17 bits per heavy atom. The van der Waals surface area contributed by atoms with Gasteiger partial charge in [-0.3, -0.25) is 4.98 Å².